The first-order chi connectivity index (χ1) is 18.7. The molecule has 10 heteroatoms. The maximum Gasteiger partial charge on any atom is 0.471 e. The Morgan fingerprint density at radius 2 is 1.44 bits per heavy atom. The Bertz CT molecular complexity index is 1300. The van der Waals surface area contributed by atoms with Gasteiger partial charge in [-0.15, -0.1) is 0 Å². The first kappa shape index (κ1) is 29.2. The summed E-state index contributed by atoms with van der Waals surface area (Å²) in [6, 6.07) is 17.8. The first-order valence-electron chi connectivity index (χ1n) is 11.9. The summed E-state index contributed by atoms with van der Waals surface area (Å²) in [4.78, 5) is 11.3. The quantitative estimate of drug-likeness (QED) is 0.348. The molecule has 0 atom stereocenters. The molecule has 0 aliphatic carbocycles. The van der Waals surface area contributed by atoms with E-state index in [1.54, 1.807) is 50.6 Å². The molecule has 0 bridgehead atoms. The van der Waals surface area contributed by atoms with Crippen molar-refractivity contribution in [2.24, 2.45) is 0 Å². The first-order valence-corrected chi connectivity index (χ1v) is 11.9. The summed E-state index contributed by atoms with van der Waals surface area (Å²) in [5, 5.41) is 11.1. The van der Waals surface area contributed by atoms with Gasteiger partial charge >= 0.3 is 12.1 Å². The molecule has 2 N–H and O–H groups in total. The van der Waals surface area contributed by atoms with Gasteiger partial charge in [0.25, 0.3) is 0 Å². The van der Waals surface area contributed by atoms with Crippen LogP contribution in [0.1, 0.15) is 22.3 Å². The lowest BCUT2D eigenvalue weighted by Gasteiger charge is -2.16. The van der Waals surface area contributed by atoms with Gasteiger partial charge in [-0.25, -0.2) is 0 Å². The van der Waals surface area contributed by atoms with Crippen LogP contribution in [0.2, 0.25) is 0 Å². The molecule has 0 aromatic heterocycles. The van der Waals surface area contributed by atoms with Crippen molar-refractivity contribution in [3.63, 3.8) is 0 Å². The van der Waals surface area contributed by atoms with Gasteiger partial charge in [0.05, 0.1) is 19.8 Å². The van der Waals surface area contributed by atoms with E-state index in [2.05, 4.69) is 11.8 Å². The third kappa shape index (κ3) is 8.86. The molecule has 1 amide bonds. The standard InChI is InChI=1S/C29H28F3NO6/c1-36-23-9-5-20(6-10-23)18-38-25-16-22(13-14-33-28(35)29(30,31)32)26(4-3-15-34)27(17-25)39-19-21-7-11-24(37-2)12-8-21/h5-12,16-17,34H,13-15,18-19H2,1-2H3,(H,33,35). The number of rotatable bonds is 11. The summed E-state index contributed by atoms with van der Waals surface area (Å²) in [6.45, 7) is -0.373. The van der Waals surface area contributed by atoms with Crippen molar-refractivity contribution in [1.29, 1.82) is 0 Å². The Morgan fingerprint density at radius 1 is 0.872 bits per heavy atom. The van der Waals surface area contributed by atoms with Gasteiger partial charge in [-0.1, -0.05) is 36.1 Å². The van der Waals surface area contributed by atoms with Gasteiger partial charge in [-0.05, 0) is 53.4 Å². The van der Waals surface area contributed by atoms with Crippen molar-refractivity contribution in [3.8, 4) is 34.8 Å². The number of carbonyl (C=O) groups excluding carboxylic acids is 1. The van der Waals surface area contributed by atoms with Crippen LogP contribution in [0.3, 0.4) is 0 Å². The van der Waals surface area contributed by atoms with Gasteiger partial charge in [-0.2, -0.15) is 13.2 Å². The van der Waals surface area contributed by atoms with Crippen molar-refractivity contribution in [2.45, 2.75) is 25.8 Å². The molecule has 39 heavy (non-hydrogen) atoms. The van der Waals surface area contributed by atoms with Gasteiger partial charge in [0, 0.05) is 12.6 Å². The highest BCUT2D eigenvalue weighted by atomic mass is 19.4. The molecule has 0 aliphatic heterocycles. The number of aliphatic hydroxyl groups is 1. The van der Waals surface area contributed by atoms with Crippen LogP contribution in [-0.2, 0) is 24.4 Å². The minimum absolute atomic E-state index is 0.00982. The lowest BCUT2D eigenvalue weighted by atomic mass is 10.0. The number of amides is 1. The Balaban J connectivity index is 1.89. The molecule has 0 aliphatic rings. The highest BCUT2D eigenvalue weighted by molar-refractivity contribution is 5.81. The third-order valence-electron chi connectivity index (χ3n) is 5.51. The highest BCUT2D eigenvalue weighted by Gasteiger charge is 2.38. The number of ether oxygens (including phenoxy) is 4. The number of alkyl halides is 3. The van der Waals surface area contributed by atoms with E-state index in [1.165, 1.54) is 0 Å². The molecular weight excluding hydrogens is 515 g/mol. The van der Waals surface area contributed by atoms with Crippen LogP contribution in [0.15, 0.2) is 60.7 Å². The van der Waals surface area contributed by atoms with Crippen LogP contribution in [0.25, 0.3) is 0 Å². The molecule has 3 aromatic rings. The zero-order chi connectivity index (χ0) is 28.3. The number of nitrogens with one attached hydrogen (secondary N) is 1. The topological polar surface area (TPSA) is 86.3 Å². The van der Waals surface area contributed by atoms with Crippen molar-refractivity contribution in [1.82, 2.24) is 5.32 Å². The van der Waals surface area contributed by atoms with Gasteiger partial charge in [-0.3, -0.25) is 4.79 Å². The van der Waals surface area contributed by atoms with Crippen LogP contribution in [0, 0.1) is 11.8 Å². The van der Waals surface area contributed by atoms with E-state index in [0.717, 1.165) is 11.1 Å². The maximum atomic E-state index is 12.6. The van der Waals surface area contributed by atoms with E-state index >= 15 is 0 Å². The largest absolute Gasteiger partial charge is 0.497 e. The molecule has 206 valence electrons. The monoisotopic (exact) mass is 543 g/mol. The van der Waals surface area contributed by atoms with Crippen LogP contribution >= 0.6 is 0 Å². The molecule has 0 heterocycles. The molecule has 0 radical (unpaired) electrons. The number of aliphatic hydroxyl groups excluding tert-OH is 1. The lowest BCUT2D eigenvalue weighted by Crippen LogP contribution is -2.37. The fourth-order valence-corrected chi connectivity index (χ4v) is 3.49. The highest BCUT2D eigenvalue weighted by Crippen LogP contribution is 2.31. The Hall–Kier alpha value is -4.36. The van der Waals surface area contributed by atoms with Gasteiger partial charge < -0.3 is 29.4 Å². The summed E-state index contributed by atoms with van der Waals surface area (Å²) in [5.74, 6) is 5.43. The number of hydrogen-bond donors (Lipinski definition) is 2. The Labute approximate surface area is 224 Å². The fraction of sp³-hybridized carbons (Fsp3) is 0.276. The van der Waals surface area contributed by atoms with Crippen LogP contribution in [0.5, 0.6) is 23.0 Å². The van der Waals surface area contributed by atoms with E-state index < -0.39 is 18.7 Å². The summed E-state index contributed by atoms with van der Waals surface area (Å²) >= 11 is 0. The van der Waals surface area contributed by atoms with Crippen molar-refractivity contribution in [3.05, 3.63) is 82.9 Å². The van der Waals surface area contributed by atoms with Crippen LogP contribution in [-0.4, -0.2) is 44.6 Å². The summed E-state index contributed by atoms with van der Waals surface area (Å²) in [6.07, 6.45) is -4.98. The molecule has 0 fully saturated rings. The molecule has 3 rings (SSSR count). The molecular formula is C29H28F3NO6. The maximum absolute atomic E-state index is 12.6. The molecule has 0 saturated carbocycles. The Kier molecular flexibility index (Phi) is 10.5. The van der Waals surface area contributed by atoms with Crippen molar-refractivity contribution in [2.75, 3.05) is 27.4 Å². The average Bonchev–Trinajstić information content (AvgIpc) is 2.94. The fourth-order valence-electron chi connectivity index (χ4n) is 3.49. The summed E-state index contributed by atoms with van der Waals surface area (Å²) in [7, 11) is 3.13. The second kappa shape index (κ2) is 14.0. The number of carbonyl (C=O) groups is 1. The van der Waals surface area contributed by atoms with E-state index in [-0.39, 0.29) is 26.2 Å². The zero-order valence-electron chi connectivity index (χ0n) is 21.4. The van der Waals surface area contributed by atoms with E-state index in [4.69, 9.17) is 18.9 Å². The van der Waals surface area contributed by atoms with Gasteiger partial charge in [0.15, 0.2) is 0 Å². The van der Waals surface area contributed by atoms with E-state index in [1.807, 2.05) is 29.6 Å². The van der Waals surface area contributed by atoms with Crippen LogP contribution in [0.4, 0.5) is 13.2 Å². The van der Waals surface area contributed by atoms with E-state index in [9.17, 15) is 23.1 Å². The molecule has 3 aromatic carbocycles. The molecule has 0 spiro atoms. The zero-order valence-corrected chi connectivity index (χ0v) is 21.4. The van der Waals surface area contributed by atoms with E-state index in [0.29, 0.717) is 34.1 Å². The van der Waals surface area contributed by atoms with Crippen molar-refractivity contribution < 1.29 is 42.0 Å². The van der Waals surface area contributed by atoms with Gasteiger partial charge in [0.1, 0.15) is 42.8 Å². The molecule has 7 nitrogen and oxygen atoms in total. The second-order valence-corrected chi connectivity index (χ2v) is 8.19. The smallest absolute Gasteiger partial charge is 0.471 e. The number of hydrogen-bond acceptors (Lipinski definition) is 6. The minimum Gasteiger partial charge on any atom is -0.497 e. The Morgan fingerprint density at radius 3 is 1.95 bits per heavy atom. The molecule has 0 unspecified atom stereocenters. The predicted molar refractivity (Wildman–Crippen MR) is 138 cm³/mol. The van der Waals surface area contributed by atoms with Crippen molar-refractivity contribution >= 4 is 5.91 Å². The number of benzene rings is 3. The SMILES string of the molecule is COc1ccc(COc2cc(CCNC(=O)C(F)(F)F)c(C#CCO)c(OCc3ccc(OC)cc3)c2)cc1. The third-order valence-corrected chi connectivity index (χ3v) is 5.51. The number of halogens is 3. The second-order valence-electron chi connectivity index (χ2n) is 8.19. The number of methoxy groups -OCH3 is 2. The molecule has 0 saturated heterocycles. The normalized spacial score (nSPS) is 10.7. The summed E-state index contributed by atoms with van der Waals surface area (Å²) < 4.78 is 60.3. The predicted octanol–water partition coefficient (Wildman–Crippen LogP) is 4.43. The lowest BCUT2D eigenvalue weighted by molar-refractivity contribution is -0.173. The van der Waals surface area contributed by atoms with Crippen LogP contribution < -0.4 is 24.3 Å². The minimum atomic E-state index is -4.99. The summed E-state index contributed by atoms with van der Waals surface area (Å²) in [5.41, 5.74) is 2.55. The average molecular weight is 544 g/mol. The van der Waals surface area contributed by atoms with Gasteiger partial charge in [0.2, 0.25) is 0 Å².